The Labute approximate surface area is 144 Å². The number of carbonyl (C=O) groups is 1. The van der Waals surface area contributed by atoms with Crippen LogP contribution in [0.4, 0.5) is 0 Å². The van der Waals surface area contributed by atoms with Gasteiger partial charge in [-0.3, -0.25) is 4.79 Å². The summed E-state index contributed by atoms with van der Waals surface area (Å²) in [5, 5.41) is 8.79. The molecule has 0 bridgehead atoms. The second kappa shape index (κ2) is 7.03. The van der Waals surface area contributed by atoms with Gasteiger partial charge in [0.2, 0.25) is 10.0 Å². The lowest BCUT2D eigenvalue weighted by molar-refractivity contribution is 0.0694. The third-order valence-electron chi connectivity index (χ3n) is 3.37. The summed E-state index contributed by atoms with van der Waals surface area (Å²) in [6.07, 6.45) is 0.958. The number of aryl methyl sites for hydroxylation is 1. The molecule has 2 N–H and O–H groups in total. The van der Waals surface area contributed by atoms with Crippen molar-refractivity contribution in [3.05, 3.63) is 51.7 Å². The number of ether oxygens (including phenoxy) is 1. The highest BCUT2D eigenvalue weighted by atomic mass is 32.2. The van der Waals surface area contributed by atoms with Crippen LogP contribution in [-0.2, 0) is 16.6 Å². The van der Waals surface area contributed by atoms with Gasteiger partial charge in [-0.25, -0.2) is 22.5 Å². The van der Waals surface area contributed by atoms with Gasteiger partial charge < -0.3 is 14.8 Å². The highest BCUT2D eigenvalue weighted by Crippen LogP contribution is 2.23. The highest BCUT2D eigenvalue weighted by molar-refractivity contribution is 7.89. The standard InChI is InChI=1S/C15H17N3O6S/c1-9-6-10(25(22,23)18(2)3)4-5-12(9)24-8-13-16-7-11(15(20)21)14(19)17-13/h4-7H,8H2,1-3H3,(H,20,21)(H,16,17,19). The zero-order valence-electron chi connectivity index (χ0n) is 13.8. The Morgan fingerprint density at radius 3 is 2.56 bits per heavy atom. The summed E-state index contributed by atoms with van der Waals surface area (Å²) in [4.78, 5) is 28.6. The molecule has 0 radical (unpaired) electrons. The van der Waals surface area contributed by atoms with E-state index in [-0.39, 0.29) is 17.3 Å². The van der Waals surface area contributed by atoms with Gasteiger partial charge in [-0.1, -0.05) is 0 Å². The quantitative estimate of drug-likeness (QED) is 0.765. The second-order valence-electron chi connectivity index (χ2n) is 5.38. The van der Waals surface area contributed by atoms with Crippen molar-refractivity contribution >= 4 is 16.0 Å². The van der Waals surface area contributed by atoms with Gasteiger partial charge in [0.05, 0.1) is 4.90 Å². The van der Waals surface area contributed by atoms with Crippen LogP contribution in [0.25, 0.3) is 0 Å². The zero-order valence-corrected chi connectivity index (χ0v) is 14.6. The minimum absolute atomic E-state index is 0.101. The normalized spacial score (nSPS) is 11.5. The Hall–Kier alpha value is -2.72. The highest BCUT2D eigenvalue weighted by Gasteiger charge is 2.18. The fourth-order valence-corrected chi connectivity index (χ4v) is 2.95. The van der Waals surface area contributed by atoms with Gasteiger partial charge in [-0.2, -0.15) is 0 Å². The Bertz CT molecular complexity index is 965. The van der Waals surface area contributed by atoms with Crippen LogP contribution in [0.5, 0.6) is 5.75 Å². The van der Waals surface area contributed by atoms with Gasteiger partial charge >= 0.3 is 5.97 Å². The maximum atomic E-state index is 12.1. The Morgan fingerprint density at radius 1 is 1.36 bits per heavy atom. The molecule has 1 aromatic heterocycles. The molecule has 1 aromatic carbocycles. The zero-order chi connectivity index (χ0) is 18.8. The molecule has 0 unspecified atom stereocenters. The molecule has 2 rings (SSSR count). The molecule has 2 aromatic rings. The van der Waals surface area contributed by atoms with Crippen molar-refractivity contribution in [3.63, 3.8) is 0 Å². The fraction of sp³-hybridized carbons (Fsp3) is 0.267. The minimum Gasteiger partial charge on any atom is -0.485 e. The number of nitrogens with zero attached hydrogens (tertiary/aromatic N) is 2. The number of hydrogen-bond donors (Lipinski definition) is 2. The molecule has 25 heavy (non-hydrogen) atoms. The molecule has 134 valence electrons. The predicted molar refractivity (Wildman–Crippen MR) is 88.2 cm³/mol. The molecule has 0 spiro atoms. The molecule has 0 atom stereocenters. The molecular formula is C15H17N3O6S. The van der Waals surface area contributed by atoms with Crippen LogP contribution in [0.3, 0.4) is 0 Å². The lowest BCUT2D eigenvalue weighted by atomic mass is 10.2. The second-order valence-corrected chi connectivity index (χ2v) is 7.53. The number of carboxylic acids is 1. The number of aromatic amines is 1. The monoisotopic (exact) mass is 367 g/mol. The predicted octanol–water partition coefficient (Wildman–Crippen LogP) is 0.606. The van der Waals surface area contributed by atoms with E-state index in [9.17, 15) is 18.0 Å². The van der Waals surface area contributed by atoms with Gasteiger partial charge in [0.1, 0.15) is 23.7 Å². The number of aromatic nitrogens is 2. The molecule has 0 fully saturated rings. The topological polar surface area (TPSA) is 130 Å². The SMILES string of the molecule is Cc1cc(S(=O)(=O)N(C)C)ccc1OCc1ncc(C(=O)O)c(=O)[nH]1. The van der Waals surface area contributed by atoms with Crippen LogP contribution in [0, 0.1) is 6.92 Å². The molecule has 9 nitrogen and oxygen atoms in total. The summed E-state index contributed by atoms with van der Waals surface area (Å²) in [5.41, 5.74) is -0.643. The van der Waals surface area contributed by atoms with Crippen LogP contribution >= 0.6 is 0 Å². The summed E-state index contributed by atoms with van der Waals surface area (Å²) >= 11 is 0. The van der Waals surface area contributed by atoms with E-state index in [1.165, 1.54) is 32.3 Å². The number of sulfonamides is 1. The van der Waals surface area contributed by atoms with Crippen molar-refractivity contribution in [2.75, 3.05) is 14.1 Å². The summed E-state index contributed by atoms with van der Waals surface area (Å²) in [5.74, 6) is -0.795. The smallest absolute Gasteiger partial charge is 0.342 e. The maximum Gasteiger partial charge on any atom is 0.342 e. The number of nitrogens with one attached hydrogen (secondary N) is 1. The van der Waals surface area contributed by atoms with Crippen LogP contribution in [0.2, 0.25) is 0 Å². The van der Waals surface area contributed by atoms with E-state index in [0.717, 1.165) is 10.5 Å². The first-order valence-corrected chi connectivity index (χ1v) is 8.54. The van der Waals surface area contributed by atoms with Crippen molar-refractivity contribution < 1.29 is 23.1 Å². The summed E-state index contributed by atoms with van der Waals surface area (Å²) in [6.45, 7) is 1.59. The van der Waals surface area contributed by atoms with Gasteiger partial charge in [0, 0.05) is 20.3 Å². The first-order chi connectivity index (χ1) is 11.6. The van der Waals surface area contributed by atoms with E-state index < -0.39 is 27.1 Å². The summed E-state index contributed by atoms with van der Waals surface area (Å²) < 4.78 is 30.8. The Morgan fingerprint density at radius 2 is 2.04 bits per heavy atom. The third-order valence-corrected chi connectivity index (χ3v) is 5.18. The van der Waals surface area contributed by atoms with E-state index in [1.807, 2.05) is 0 Å². The van der Waals surface area contributed by atoms with Crippen LogP contribution in [0.1, 0.15) is 21.7 Å². The molecule has 0 saturated heterocycles. The first-order valence-electron chi connectivity index (χ1n) is 7.10. The first kappa shape index (κ1) is 18.6. The van der Waals surface area contributed by atoms with Crippen LogP contribution in [-0.4, -0.2) is 47.9 Å². The number of hydrogen-bond acceptors (Lipinski definition) is 6. The molecule has 0 saturated carbocycles. The van der Waals surface area contributed by atoms with Gasteiger partial charge in [0.15, 0.2) is 0 Å². The largest absolute Gasteiger partial charge is 0.485 e. The molecule has 0 aliphatic heterocycles. The number of rotatable bonds is 6. The van der Waals surface area contributed by atoms with E-state index >= 15 is 0 Å². The van der Waals surface area contributed by atoms with Crippen molar-refractivity contribution in [2.45, 2.75) is 18.4 Å². The Balaban J connectivity index is 2.18. The number of benzene rings is 1. The van der Waals surface area contributed by atoms with E-state index in [1.54, 1.807) is 6.92 Å². The van der Waals surface area contributed by atoms with Crippen molar-refractivity contribution in [1.82, 2.24) is 14.3 Å². The van der Waals surface area contributed by atoms with Crippen molar-refractivity contribution in [1.29, 1.82) is 0 Å². The molecule has 0 aliphatic carbocycles. The summed E-state index contributed by atoms with van der Waals surface area (Å²) in [6, 6.07) is 4.41. The van der Waals surface area contributed by atoms with Crippen LogP contribution < -0.4 is 10.3 Å². The molecule has 0 aliphatic rings. The fourth-order valence-electron chi connectivity index (χ4n) is 1.96. The lowest BCUT2D eigenvalue weighted by Gasteiger charge is -2.14. The molecule has 0 amide bonds. The number of aromatic carboxylic acids is 1. The van der Waals surface area contributed by atoms with E-state index in [0.29, 0.717) is 11.3 Å². The Kier molecular flexibility index (Phi) is 5.24. The molecule has 10 heteroatoms. The van der Waals surface area contributed by atoms with E-state index in [4.69, 9.17) is 9.84 Å². The number of H-pyrrole nitrogens is 1. The molecule has 1 heterocycles. The average Bonchev–Trinajstić information content (AvgIpc) is 2.53. The van der Waals surface area contributed by atoms with E-state index in [2.05, 4.69) is 9.97 Å². The van der Waals surface area contributed by atoms with Crippen molar-refractivity contribution in [2.24, 2.45) is 0 Å². The van der Waals surface area contributed by atoms with Gasteiger partial charge in [0.25, 0.3) is 5.56 Å². The van der Waals surface area contributed by atoms with Gasteiger partial charge in [-0.05, 0) is 30.7 Å². The maximum absolute atomic E-state index is 12.1. The minimum atomic E-state index is -3.54. The lowest BCUT2D eigenvalue weighted by Crippen LogP contribution is -2.22. The van der Waals surface area contributed by atoms with Crippen LogP contribution in [0.15, 0.2) is 34.1 Å². The number of carboxylic acid groups (broad SMARTS) is 1. The van der Waals surface area contributed by atoms with Crippen molar-refractivity contribution in [3.8, 4) is 5.75 Å². The summed E-state index contributed by atoms with van der Waals surface area (Å²) in [7, 11) is -0.655. The third kappa shape index (κ3) is 4.03. The average molecular weight is 367 g/mol. The van der Waals surface area contributed by atoms with Gasteiger partial charge in [-0.15, -0.1) is 0 Å². The molecular weight excluding hydrogens is 350 g/mol.